The first kappa shape index (κ1) is 29.5. The molecule has 0 aromatic carbocycles. The molecule has 3 aliphatic rings. The van der Waals surface area contributed by atoms with Gasteiger partial charge in [0.1, 0.15) is 48.1 Å². The maximum Gasteiger partial charge on any atom is 0.472 e. The van der Waals surface area contributed by atoms with Crippen molar-refractivity contribution in [1.82, 2.24) is 39.0 Å². The van der Waals surface area contributed by atoms with Crippen molar-refractivity contribution in [3.8, 4) is 0 Å². The van der Waals surface area contributed by atoms with Gasteiger partial charge >= 0.3 is 7.82 Å². The zero-order chi connectivity index (χ0) is 31.0. The maximum atomic E-state index is 16.0. The first-order valence-corrected chi connectivity index (χ1v) is 16.4. The van der Waals surface area contributed by atoms with Gasteiger partial charge in [0.05, 0.1) is 25.9 Å². The number of ether oxygens (including phenoxy) is 2. The lowest BCUT2D eigenvalue weighted by atomic mass is 10.1. The number of alkyl halides is 2. The third-order valence-electron chi connectivity index (χ3n) is 7.30. The number of phosphoric ester groups is 1. The van der Waals surface area contributed by atoms with Crippen LogP contribution >= 0.6 is 15.3 Å². The van der Waals surface area contributed by atoms with Crippen molar-refractivity contribution in [2.45, 2.75) is 49.2 Å². The Bertz CT molecular complexity index is 1840. The van der Waals surface area contributed by atoms with Crippen LogP contribution in [0.5, 0.6) is 0 Å². The molecule has 3 fully saturated rings. The molecule has 0 spiro atoms. The number of rotatable bonds is 2. The van der Waals surface area contributed by atoms with E-state index in [0.29, 0.717) is 0 Å². The number of nitrogens with zero attached hydrogens (tertiary/aromatic N) is 8. The Morgan fingerprint density at radius 1 is 0.795 bits per heavy atom. The summed E-state index contributed by atoms with van der Waals surface area (Å²) in [6.45, 7) is -1.48. The fourth-order valence-electron chi connectivity index (χ4n) is 5.27. The molecule has 0 aliphatic carbocycles. The van der Waals surface area contributed by atoms with Gasteiger partial charge in [0.25, 0.3) is 15.0 Å². The molecule has 24 heteroatoms. The van der Waals surface area contributed by atoms with E-state index in [1.807, 2.05) is 0 Å². The van der Waals surface area contributed by atoms with Gasteiger partial charge in [-0.25, -0.2) is 43.2 Å². The molecular weight excluding hydrogens is 635 g/mol. The topological polar surface area (TPSA) is 249 Å². The standard InChI is InChI=1S/C20H23BF2N10O9P2/c21-43(34)37-1-7-9(22)14(20(39-7)33-6-31-12-16(25)27-4-29-18(12)33)42-44(35,36)38-2-8-13(41-43)10(23)19(40-8)32-5-30-11-15(24)26-3-28-17(11)32/h3-10,13-14,19-20H,1-2,21H2,(H,35,36)(H2,24,26,28)(H2,25,27,29)/t7-,8-,9-,10-,13-,14-,19-,20-,43?/m1/s1. The number of fused-ring (bicyclic) bond motifs is 5. The number of halogens is 2. The number of phosphoric acid groups is 1. The molecule has 10 atom stereocenters. The smallest absolute Gasteiger partial charge is 0.382 e. The number of hydrogen-bond acceptors (Lipinski definition) is 16. The molecule has 0 radical (unpaired) electrons. The molecule has 44 heavy (non-hydrogen) atoms. The number of aromatic nitrogens is 8. The Hall–Kier alpha value is -3.20. The summed E-state index contributed by atoms with van der Waals surface area (Å²) in [4.78, 5) is 34.7. The third kappa shape index (κ3) is 5.05. The van der Waals surface area contributed by atoms with Gasteiger partial charge in [-0.15, -0.1) is 0 Å². The van der Waals surface area contributed by atoms with Crippen molar-refractivity contribution in [2.24, 2.45) is 0 Å². The molecule has 2 unspecified atom stereocenters. The van der Waals surface area contributed by atoms with Gasteiger partial charge in [-0.05, 0) is 0 Å². The second-order valence-corrected chi connectivity index (χ2v) is 13.6. The van der Waals surface area contributed by atoms with E-state index in [9.17, 15) is 14.0 Å². The van der Waals surface area contributed by atoms with E-state index in [4.69, 9.17) is 39.0 Å². The van der Waals surface area contributed by atoms with Crippen LogP contribution in [0.25, 0.3) is 22.3 Å². The maximum absolute atomic E-state index is 16.0. The molecule has 2 bridgehead atoms. The predicted octanol–water partition coefficient (Wildman–Crippen LogP) is -0.0396. The molecule has 3 saturated heterocycles. The summed E-state index contributed by atoms with van der Waals surface area (Å²) in [6, 6.07) is 0. The SMILES string of the molecule is BP1(=O)OC[C@H]2O[C@@H](n3cnc4c(N)ncnc43)[C@H](OP(=O)(O)OC[C@H]3O[C@@H](n4cnc5c(N)ncnc54)[C@H](F)[C@@H]3O1)[C@@H]2F. The molecule has 7 heterocycles. The monoisotopic (exact) mass is 658 g/mol. The normalized spacial score (nSPS) is 38.2. The van der Waals surface area contributed by atoms with E-state index < -0.39 is 77.7 Å². The van der Waals surface area contributed by atoms with Gasteiger partial charge in [-0.1, -0.05) is 0 Å². The minimum absolute atomic E-state index is 0.0264. The van der Waals surface area contributed by atoms with Gasteiger partial charge < -0.3 is 34.9 Å². The summed E-state index contributed by atoms with van der Waals surface area (Å²) in [5.41, 5.74) is 12.2. The van der Waals surface area contributed by atoms with E-state index in [1.54, 1.807) is 0 Å². The summed E-state index contributed by atoms with van der Waals surface area (Å²) >= 11 is 0. The van der Waals surface area contributed by atoms with Gasteiger partial charge in [0, 0.05) is 0 Å². The fourth-order valence-corrected chi connectivity index (χ4v) is 7.37. The molecule has 5 N–H and O–H groups in total. The van der Waals surface area contributed by atoms with E-state index in [0.717, 1.165) is 20.2 Å². The third-order valence-corrected chi connectivity index (χ3v) is 9.53. The Balaban J connectivity index is 1.20. The van der Waals surface area contributed by atoms with Crippen LogP contribution in [0.1, 0.15) is 12.5 Å². The zero-order valence-electron chi connectivity index (χ0n) is 22.4. The molecule has 4 aromatic rings. The molecule has 7 rings (SSSR count). The van der Waals surface area contributed by atoms with Crippen molar-refractivity contribution in [2.75, 3.05) is 24.7 Å². The summed E-state index contributed by atoms with van der Waals surface area (Å²) in [5, 5.41) is 0. The lowest BCUT2D eigenvalue weighted by molar-refractivity contribution is -0.0630. The van der Waals surface area contributed by atoms with Gasteiger partial charge in [0.15, 0.2) is 47.7 Å². The van der Waals surface area contributed by atoms with Crippen LogP contribution in [-0.2, 0) is 36.7 Å². The second-order valence-electron chi connectivity index (χ2n) is 10.2. The number of imidazole rings is 2. The average molecular weight is 658 g/mol. The highest BCUT2D eigenvalue weighted by atomic mass is 31.2. The van der Waals surface area contributed by atoms with Crippen LogP contribution in [0, 0.1) is 0 Å². The highest BCUT2D eigenvalue weighted by Gasteiger charge is 2.54. The van der Waals surface area contributed by atoms with Crippen molar-refractivity contribution >= 4 is 56.8 Å². The zero-order valence-corrected chi connectivity index (χ0v) is 24.2. The number of nitrogens with two attached hydrogens (primary N) is 2. The van der Waals surface area contributed by atoms with Crippen molar-refractivity contribution < 1.29 is 50.4 Å². The van der Waals surface area contributed by atoms with Crippen LogP contribution in [-0.4, -0.2) is 101 Å². The Morgan fingerprint density at radius 3 is 2.00 bits per heavy atom. The van der Waals surface area contributed by atoms with E-state index >= 15 is 8.78 Å². The van der Waals surface area contributed by atoms with Crippen LogP contribution < -0.4 is 11.5 Å². The summed E-state index contributed by atoms with van der Waals surface area (Å²) < 4.78 is 93.7. The molecule has 0 amide bonds. The lowest BCUT2D eigenvalue weighted by Gasteiger charge is -2.26. The molecule has 19 nitrogen and oxygen atoms in total. The van der Waals surface area contributed by atoms with Crippen molar-refractivity contribution in [3.63, 3.8) is 0 Å². The Kier molecular flexibility index (Phi) is 7.18. The summed E-state index contributed by atoms with van der Waals surface area (Å²) in [6.07, 6.45) is -8.71. The van der Waals surface area contributed by atoms with Crippen LogP contribution in [0.3, 0.4) is 0 Å². The lowest BCUT2D eigenvalue weighted by Crippen LogP contribution is -2.34. The number of nitrogen functional groups attached to an aromatic ring is 2. The average Bonchev–Trinajstić information content (AvgIpc) is 3.73. The van der Waals surface area contributed by atoms with E-state index in [1.165, 1.54) is 21.8 Å². The first-order chi connectivity index (χ1) is 20.9. The molecule has 3 aliphatic heterocycles. The van der Waals surface area contributed by atoms with Gasteiger partial charge in [0.2, 0.25) is 0 Å². The highest BCUT2D eigenvalue weighted by Crippen LogP contribution is 2.54. The second kappa shape index (κ2) is 10.7. The largest absolute Gasteiger partial charge is 0.472 e. The van der Waals surface area contributed by atoms with Gasteiger partial charge in [-0.2, -0.15) is 0 Å². The van der Waals surface area contributed by atoms with Crippen LogP contribution in [0.15, 0.2) is 25.3 Å². The quantitative estimate of drug-likeness (QED) is 0.189. The minimum Gasteiger partial charge on any atom is -0.382 e. The molecule has 0 saturated carbocycles. The van der Waals surface area contributed by atoms with E-state index in [2.05, 4.69) is 29.9 Å². The molecule has 4 aromatic heterocycles. The Morgan fingerprint density at radius 2 is 1.36 bits per heavy atom. The van der Waals surface area contributed by atoms with Gasteiger partial charge in [-0.3, -0.25) is 22.7 Å². The molecular formula is C20H23BF2N10O9P2. The predicted molar refractivity (Wildman–Crippen MR) is 145 cm³/mol. The summed E-state index contributed by atoms with van der Waals surface area (Å²) in [5.74, 6) is 0.0634. The van der Waals surface area contributed by atoms with Crippen molar-refractivity contribution in [3.05, 3.63) is 25.3 Å². The fraction of sp³-hybridized carbons (Fsp3) is 0.500. The van der Waals surface area contributed by atoms with E-state index in [-0.39, 0.29) is 34.0 Å². The Labute approximate surface area is 245 Å². The van der Waals surface area contributed by atoms with Crippen LogP contribution in [0.4, 0.5) is 20.4 Å². The van der Waals surface area contributed by atoms with Crippen molar-refractivity contribution in [1.29, 1.82) is 0 Å². The molecule has 234 valence electrons. The summed E-state index contributed by atoms with van der Waals surface area (Å²) in [7, 11) is -8.21. The minimum atomic E-state index is -5.11. The first-order valence-electron chi connectivity index (χ1n) is 12.9. The number of hydrogen-bond donors (Lipinski definition) is 3. The highest BCUT2D eigenvalue weighted by molar-refractivity contribution is 7.79. The number of anilines is 2. The van der Waals surface area contributed by atoms with Crippen LogP contribution in [0.2, 0.25) is 0 Å².